The molecule has 0 saturated heterocycles. The van der Waals surface area contributed by atoms with E-state index in [9.17, 15) is 0 Å². The molecule has 0 radical (unpaired) electrons. The molecule has 0 aliphatic carbocycles. The summed E-state index contributed by atoms with van der Waals surface area (Å²) in [6.07, 6.45) is 5.51. The van der Waals surface area contributed by atoms with E-state index in [1.54, 1.807) is 0 Å². The highest BCUT2D eigenvalue weighted by atomic mass is 14.0. The van der Waals surface area contributed by atoms with Gasteiger partial charge in [0, 0.05) is 0 Å². The van der Waals surface area contributed by atoms with E-state index >= 15 is 0 Å². The molecular weight excluding hydrogens is 144 g/mol. The van der Waals surface area contributed by atoms with Crippen LogP contribution in [0.1, 0.15) is 19.4 Å². The summed E-state index contributed by atoms with van der Waals surface area (Å²) in [7, 11) is 0. The highest BCUT2D eigenvalue weighted by Crippen LogP contribution is 2.08. The lowest BCUT2D eigenvalue weighted by atomic mass is 10.0. The van der Waals surface area contributed by atoms with Crippen molar-refractivity contribution in [1.82, 2.24) is 0 Å². The van der Waals surface area contributed by atoms with Crippen molar-refractivity contribution in [1.29, 1.82) is 0 Å². The van der Waals surface area contributed by atoms with E-state index in [2.05, 4.69) is 56.3 Å². The number of benzene rings is 1. The average Bonchev–Trinajstić information content (AvgIpc) is 2.06. The summed E-state index contributed by atoms with van der Waals surface area (Å²) in [6.45, 7) is 4.31. The highest BCUT2D eigenvalue weighted by Gasteiger charge is 1.97. The number of allylic oxidation sites excluding steroid dienone is 2. The smallest absolute Gasteiger partial charge is 0.0218 e. The summed E-state index contributed by atoms with van der Waals surface area (Å²) in [5, 5.41) is 0. The summed E-state index contributed by atoms with van der Waals surface area (Å²) in [5.41, 5.74) is 1.42. The van der Waals surface area contributed by atoms with Crippen LogP contribution in [0.3, 0.4) is 0 Å². The topological polar surface area (TPSA) is 0 Å². The molecule has 0 amide bonds. The molecule has 0 aromatic heterocycles. The summed E-state index contributed by atoms with van der Waals surface area (Å²) >= 11 is 0. The summed E-state index contributed by atoms with van der Waals surface area (Å²) in [4.78, 5) is 0. The van der Waals surface area contributed by atoms with E-state index < -0.39 is 0 Å². The van der Waals surface area contributed by atoms with Crippen LogP contribution >= 0.6 is 0 Å². The molecule has 0 spiro atoms. The summed E-state index contributed by atoms with van der Waals surface area (Å²) < 4.78 is 0. The Bertz CT molecular complexity index is 233. The van der Waals surface area contributed by atoms with Crippen LogP contribution in [0.4, 0.5) is 0 Å². The standard InChI is InChI=1S/C12H16/c1-3-7-11(2)10-12-8-5-4-6-9-12/h3-9,11H,10H2,1-2H3. The van der Waals surface area contributed by atoms with E-state index in [1.165, 1.54) is 5.56 Å². The summed E-state index contributed by atoms with van der Waals surface area (Å²) in [6, 6.07) is 10.6. The molecule has 0 N–H and O–H groups in total. The van der Waals surface area contributed by atoms with Crippen LogP contribution in [-0.2, 0) is 6.42 Å². The second kappa shape index (κ2) is 4.76. The van der Waals surface area contributed by atoms with E-state index in [-0.39, 0.29) is 0 Å². The fourth-order valence-electron chi connectivity index (χ4n) is 1.38. The third-order valence-corrected chi connectivity index (χ3v) is 1.92. The Morgan fingerprint density at radius 2 is 1.92 bits per heavy atom. The van der Waals surface area contributed by atoms with Crippen molar-refractivity contribution in [2.45, 2.75) is 20.3 Å². The molecule has 0 bridgehead atoms. The number of hydrogen-bond donors (Lipinski definition) is 0. The molecule has 1 rings (SSSR count). The monoisotopic (exact) mass is 160 g/mol. The van der Waals surface area contributed by atoms with Crippen LogP contribution in [0.5, 0.6) is 0 Å². The molecule has 0 aliphatic heterocycles. The van der Waals surface area contributed by atoms with Gasteiger partial charge in [0.1, 0.15) is 0 Å². The van der Waals surface area contributed by atoms with Crippen molar-refractivity contribution in [3.05, 3.63) is 48.0 Å². The van der Waals surface area contributed by atoms with Crippen molar-refractivity contribution in [2.24, 2.45) is 5.92 Å². The Kier molecular flexibility index (Phi) is 3.59. The zero-order valence-corrected chi connectivity index (χ0v) is 7.83. The van der Waals surface area contributed by atoms with Gasteiger partial charge in [-0.25, -0.2) is 0 Å². The van der Waals surface area contributed by atoms with Gasteiger partial charge in [0.15, 0.2) is 0 Å². The lowest BCUT2D eigenvalue weighted by Crippen LogP contribution is -1.94. The van der Waals surface area contributed by atoms with Gasteiger partial charge in [-0.3, -0.25) is 0 Å². The zero-order chi connectivity index (χ0) is 8.81. The van der Waals surface area contributed by atoms with Gasteiger partial charge in [0.05, 0.1) is 0 Å². The van der Waals surface area contributed by atoms with Gasteiger partial charge in [-0.05, 0) is 24.8 Å². The van der Waals surface area contributed by atoms with Crippen molar-refractivity contribution >= 4 is 0 Å². The maximum atomic E-state index is 2.24. The van der Waals surface area contributed by atoms with Crippen molar-refractivity contribution < 1.29 is 0 Å². The van der Waals surface area contributed by atoms with Crippen LogP contribution in [-0.4, -0.2) is 0 Å². The maximum absolute atomic E-state index is 2.24. The van der Waals surface area contributed by atoms with E-state index in [0.717, 1.165) is 6.42 Å². The van der Waals surface area contributed by atoms with E-state index in [0.29, 0.717) is 5.92 Å². The van der Waals surface area contributed by atoms with Gasteiger partial charge in [0.2, 0.25) is 0 Å². The molecule has 1 atom stereocenters. The molecule has 0 heteroatoms. The molecule has 1 aromatic rings. The van der Waals surface area contributed by atoms with Crippen molar-refractivity contribution in [3.8, 4) is 0 Å². The zero-order valence-electron chi connectivity index (χ0n) is 7.83. The Morgan fingerprint density at radius 3 is 2.50 bits per heavy atom. The van der Waals surface area contributed by atoms with E-state index in [1.807, 2.05) is 0 Å². The first-order chi connectivity index (χ1) is 5.83. The van der Waals surface area contributed by atoms with Gasteiger partial charge < -0.3 is 0 Å². The van der Waals surface area contributed by atoms with Crippen LogP contribution in [0.15, 0.2) is 42.5 Å². The maximum Gasteiger partial charge on any atom is -0.0218 e. The van der Waals surface area contributed by atoms with Crippen molar-refractivity contribution in [2.75, 3.05) is 0 Å². The number of rotatable bonds is 3. The Balaban J connectivity index is 2.52. The third-order valence-electron chi connectivity index (χ3n) is 1.92. The van der Waals surface area contributed by atoms with Gasteiger partial charge in [-0.2, -0.15) is 0 Å². The SMILES string of the molecule is CC=CC(C)Cc1ccccc1. The molecule has 0 aliphatic rings. The van der Waals surface area contributed by atoms with Gasteiger partial charge in [-0.1, -0.05) is 49.4 Å². The molecule has 0 nitrogen and oxygen atoms in total. The predicted molar refractivity (Wildman–Crippen MR) is 54.1 cm³/mol. The highest BCUT2D eigenvalue weighted by molar-refractivity contribution is 5.15. The van der Waals surface area contributed by atoms with Gasteiger partial charge in [0.25, 0.3) is 0 Å². The van der Waals surface area contributed by atoms with Crippen LogP contribution < -0.4 is 0 Å². The fraction of sp³-hybridized carbons (Fsp3) is 0.333. The molecule has 0 saturated carbocycles. The fourth-order valence-corrected chi connectivity index (χ4v) is 1.38. The molecule has 1 unspecified atom stereocenters. The molecule has 12 heavy (non-hydrogen) atoms. The van der Waals surface area contributed by atoms with Crippen molar-refractivity contribution in [3.63, 3.8) is 0 Å². The van der Waals surface area contributed by atoms with Crippen LogP contribution in [0, 0.1) is 5.92 Å². The Morgan fingerprint density at radius 1 is 1.25 bits per heavy atom. The van der Waals surface area contributed by atoms with Crippen LogP contribution in [0.2, 0.25) is 0 Å². The number of hydrogen-bond acceptors (Lipinski definition) is 0. The van der Waals surface area contributed by atoms with Gasteiger partial charge in [-0.15, -0.1) is 0 Å². The minimum atomic E-state index is 0.650. The molecule has 64 valence electrons. The Labute approximate surface area is 74.9 Å². The first-order valence-electron chi connectivity index (χ1n) is 4.49. The summed E-state index contributed by atoms with van der Waals surface area (Å²) in [5.74, 6) is 0.650. The largest absolute Gasteiger partial charge is 0.0914 e. The molecule has 1 aromatic carbocycles. The second-order valence-electron chi connectivity index (χ2n) is 3.19. The Hall–Kier alpha value is -1.04. The third kappa shape index (κ3) is 2.91. The minimum Gasteiger partial charge on any atom is -0.0914 e. The lowest BCUT2D eigenvalue weighted by Gasteiger charge is -2.04. The first-order valence-corrected chi connectivity index (χ1v) is 4.49. The second-order valence-corrected chi connectivity index (χ2v) is 3.19. The molecule has 0 fully saturated rings. The first kappa shape index (κ1) is 9.05. The van der Waals surface area contributed by atoms with Crippen LogP contribution in [0.25, 0.3) is 0 Å². The lowest BCUT2D eigenvalue weighted by molar-refractivity contribution is 0.722. The average molecular weight is 160 g/mol. The minimum absolute atomic E-state index is 0.650. The predicted octanol–water partition coefficient (Wildman–Crippen LogP) is 3.44. The normalized spacial score (nSPS) is 13.5. The van der Waals surface area contributed by atoms with E-state index in [4.69, 9.17) is 0 Å². The molecular formula is C12H16. The van der Waals surface area contributed by atoms with Gasteiger partial charge >= 0.3 is 0 Å². The quantitative estimate of drug-likeness (QED) is 0.594. The molecule has 0 heterocycles.